The molecule has 0 saturated carbocycles. The second-order valence-electron chi connectivity index (χ2n) is 2.75. The van der Waals surface area contributed by atoms with Gasteiger partial charge in [-0.15, -0.1) is 0 Å². The number of hydrogen-bond acceptors (Lipinski definition) is 3. The highest BCUT2D eigenvalue weighted by Crippen LogP contribution is 2.37. The Morgan fingerprint density at radius 1 is 1.29 bits per heavy atom. The van der Waals surface area contributed by atoms with Crippen LogP contribution in [0.2, 0.25) is 5.02 Å². The third kappa shape index (κ3) is 2.11. The van der Waals surface area contributed by atoms with Crippen LogP contribution in [0, 0.1) is 0 Å². The van der Waals surface area contributed by atoms with E-state index >= 15 is 0 Å². The molecule has 0 heterocycles. The summed E-state index contributed by atoms with van der Waals surface area (Å²) in [6.45, 7) is 0.0647. The van der Waals surface area contributed by atoms with E-state index in [0.717, 1.165) is 5.56 Å². The van der Waals surface area contributed by atoms with Crippen molar-refractivity contribution in [1.82, 2.24) is 0 Å². The van der Waals surface area contributed by atoms with Gasteiger partial charge in [0.15, 0.2) is 11.5 Å². The van der Waals surface area contributed by atoms with Gasteiger partial charge in [0.1, 0.15) is 0 Å². The van der Waals surface area contributed by atoms with Crippen molar-refractivity contribution in [3.63, 3.8) is 0 Å². The van der Waals surface area contributed by atoms with Crippen LogP contribution in [0.25, 0.3) is 0 Å². The van der Waals surface area contributed by atoms with E-state index in [1.807, 2.05) is 6.07 Å². The predicted octanol–water partition coefficient (Wildman–Crippen LogP) is 1.89. The van der Waals surface area contributed by atoms with Gasteiger partial charge in [0, 0.05) is 6.61 Å². The number of hydrogen-bond donors (Lipinski definition) is 1. The third-order valence-corrected chi connectivity index (χ3v) is 2.36. The van der Waals surface area contributed by atoms with Gasteiger partial charge >= 0.3 is 0 Å². The van der Waals surface area contributed by atoms with Crippen LogP contribution in [0.5, 0.6) is 11.5 Å². The monoisotopic (exact) mass is 216 g/mol. The first-order valence-corrected chi connectivity index (χ1v) is 4.62. The van der Waals surface area contributed by atoms with Gasteiger partial charge in [-0.25, -0.2) is 0 Å². The van der Waals surface area contributed by atoms with E-state index in [4.69, 9.17) is 26.2 Å². The lowest BCUT2D eigenvalue weighted by molar-refractivity contribution is 0.299. The molecule has 0 aromatic heterocycles. The number of aliphatic hydroxyl groups excluding tert-OH is 1. The summed E-state index contributed by atoms with van der Waals surface area (Å²) < 4.78 is 10.2. The van der Waals surface area contributed by atoms with Crippen LogP contribution in [-0.4, -0.2) is 25.9 Å². The molecule has 0 bridgehead atoms. The Morgan fingerprint density at radius 2 is 2.00 bits per heavy atom. The van der Waals surface area contributed by atoms with Crippen LogP contribution >= 0.6 is 11.6 Å². The molecule has 0 unspecified atom stereocenters. The average Bonchev–Trinajstić information content (AvgIpc) is 2.21. The summed E-state index contributed by atoms with van der Waals surface area (Å²) in [5.41, 5.74) is 0.854. The maximum absolute atomic E-state index is 8.80. The highest BCUT2D eigenvalue weighted by molar-refractivity contribution is 6.33. The molecule has 14 heavy (non-hydrogen) atoms. The minimum atomic E-state index is 0.0647. The lowest BCUT2D eigenvalue weighted by atomic mass is 10.1. The molecular formula is C10H13ClO3. The van der Waals surface area contributed by atoms with Gasteiger partial charge in [-0.3, -0.25) is 0 Å². The average molecular weight is 217 g/mol. The summed E-state index contributed by atoms with van der Waals surface area (Å²) in [5.74, 6) is 1.11. The zero-order chi connectivity index (χ0) is 10.6. The van der Waals surface area contributed by atoms with Crippen LogP contribution < -0.4 is 9.47 Å². The highest BCUT2D eigenvalue weighted by Gasteiger charge is 2.12. The Bertz CT molecular complexity index is 312. The topological polar surface area (TPSA) is 38.7 Å². The van der Waals surface area contributed by atoms with E-state index < -0.39 is 0 Å². The molecule has 0 spiro atoms. The van der Waals surface area contributed by atoms with Gasteiger partial charge in [0.05, 0.1) is 19.2 Å². The second kappa shape index (κ2) is 5.08. The molecule has 1 aromatic carbocycles. The van der Waals surface area contributed by atoms with Gasteiger partial charge in [-0.2, -0.15) is 0 Å². The Hall–Kier alpha value is -0.930. The van der Waals surface area contributed by atoms with Crippen LogP contribution in [0.3, 0.4) is 0 Å². The van der Waals surface area contributed by atoms with Crippen molar-refractivity contribution in [2.75, 3.05) is 20.8 Å². The largest absolute Gasteiger partial charge is 0.493 e. The molecule has 0 radical (unpaired) electrons. The number of methoxy groups -OCH3 is 2. The Balaban J connectivity index is 3.13. The fraction of sp³-hybridized carbons (Fsp3) is 0.400. The van der Waals surface area contributed by atoms with Crippen LogP contribution in [0.4, 0.5) is 0 Å². The maximum Gasteiger partial charge on any atom is 0.179 e. The van der Waals surface area contributed by atoms with Gasteiger partial charge < -0.3 is 14.6 Å². The summed E-state index contributed by atoms with van der Waals surface area (Å²) in [7, 11) is 3.09. The summed E-state index contributed by atoms with van der Waals surface area (Å²) in [4.78, 5) is 0. The zero-order valence-corrected chi connectivity index (χ0v) is 8.97. The molecule has 0 aliphatic carbocycles. The van der Waals surface area contributed by atoms with Crippen molar-refractivity contribution < 1.29 is 14.6 Å². The van der Waals surface area contributed by atoms with Crippen LogP contribution in [0.1, 0.15) is 5.56 Å². The molecule has 0 aliphatic rings. The van der Waals surface area contributed by atoms with Gasteiger partial charge in [-0.1, -0.05) is 17.7 Å². The third-order valence-electron chi connectivity index (χ3n) is 1.95. The normalized spacial score (nSPS) is 10.0. The summed E-state index contributed by atoms with van der Waals surface area (Å²) in [6.07, 6.45) is 0.513. The maximum atomic E-state index is 8.80. The number of benzene rings is 1. The lowest BCUT2D eigenvalue weighted by Gasteiger charge is -2.11. The van der Waals surface area contributed by atoms with Crippen molar-refractivity contribution in [3.8, 4) is 11.5 Å². The minimum absolute atomic E-state index is 0.0647. The Morgan fingerprint density at radius 3 is 2.50 bits per heavy atom. The Kier molecular flexibility index (Phi) is 4.04. The molecule has 0 fully saturated rings. The van der Waals surface area contributed by atoms with Gasteiger partial charge in [0.2, 0.25) is 0 Å². The first-order valence-electron chi connectivity index (χ1n) is 4.24. The van der Waals surface area contributed by atoms with Crippen molar-refractivity contribution in [1.29, 1.82) is 0 Å². The van der Waals surface area contributed by atoms with Crippen molar-refractivity contribution >= 4 is 11.6 Å². The van der Waals surface area contributed by atoms with E-state index in [1.165, 1.54) is 7.11 Å². The molecular weight excluding hydrogens is 204 g/mol. The van der Waals surface area contributed by atoms with E-state index in [0.29, 0.717) is 22.9 Å². The van der Waals surface area contributed by atoms with Crippen molar-refractivity contribution in [2.24, 2.45) is 0 Å². The van der Waals surface area contributed by atoms with Gasteiger partial charge in [-0.05, 0) is 18.1 Å². The standard InChI is InChI=1S/C10H13ClO3/c1-13-8-4-3-7(5-6-12)9(11)10(8)14-2/h3-4,12H,5-6H2,1-2H3. The first kappa shape index (κ1) is 11.1. The molecule has 0 aliphatic heterocycles. The number of halogens is 1. The van der Waals surface area contributed by atoms with E-state index in [2.05, 4.69) is 0 Å². The number of rotatable bonds is 4. The summed E-state index contributed by atoms with van der Waals surface area (Å²) in [5, 5.41) is 9.30. The van der Waals surface area contributed by atoms with Crippen molar-refractivity contribution in [3.05, 3.63) is 22.7 Å². The molecule has 3 nitrogen and oxygen atoms in total. The predicted molar refractivity (Wildman–Crippen MR) is 55.3 cm³/mol. The summed E-state index contributed by atoms with van der Waals surface area (Å²) in [6, 6.07) is 3.59. The molecule has 0 saturated heterocycles. The lowest BCUT2D eigenvalue weighted by Crippen LogP contribution is -1.97. The molecule has 1 rings (SSSR count). The smallest absolute Gasteiger partial charge is 0.179 e. The first-order chi connectivity index (χ1) is 6.74. The van der Waals surface area contributed by atoms with E-state index in [9.17, 15) is 0 Å². The highest BCUT2D eigenvalue weighted by atomic mass is 35.5. The molecule has 4 heteroatoms. The van der Waals surface area contributed by atoms with E-state index in [-0.39, 0.29) is 6.61 Å². The quantitative estimate of drug-likeness (QED) is 0.836. The number of aliphatic hydroxyl groups is 1. The van der Waals surface area contributed by atoms with Crippen LogP contribution in [-0.2, 0) is 6.42 Å². The van der Waals surface area contributed by atoms with Crippen LogP contribution in [0.15, 0.2) is 12.1 Å². The summed E-state index contributed by atoms with van der Waals surface area (Å²) >= 11 is 6.06. The second-order valence-corrected chi connectivity index (χ2v) is 3.13. The van der Waals surface area contributed by atoms with Crippen molar-refractivity contribution in [2.45, 2.75) is 6.42 Å². The molecule has 78 valence electrons. The fourth-order valence-corrected chi connectivity index (χ4v) is 1.57. The Labute approximate surface area is 88.2 Å². The van der Waals surface area contributed by atoms with Gasteiger partial charge in [0.25, 0.3) is 0 Å². The molecule has 0 amide bonds. The fourth-order valence-electron chi connectivity index (χ4n) is 1.24. The molecule has 0 atom stereocenters. The van der Waals surface area contributed by atoms with E-state index in [1.54, 1.807) is 13.2 Å². The zero-order valence-electron chi connectivity index (χ0n) is 8.21. The molecule has 1 aromatic rings. The minimum Gasteiger partial charge on any atom is -0.493 e. The number of ether oxygens (including phenoxy) is 2. The SMILES string of the molecule is COc1ccc(CCO)c(Cl)c1OC. The molecule has 1 N–H and O–H groups in total.